The first-order chi connectivity index (χ1) is 13.7. The van der Waals surface area contributed by atoms with Gasteiger partial charge >= 0.3 is 6.09 Å². The first-order valence-corrected chi connectivity index (χ1v) is 11.3. The van der Waals surface area contributed by atoms with Gasteiger partial charge in [0.05, 0.1) is 29.7 Å². The lowest BCUT2D eigenvalue weighted by atomic mass is 10.0. The molecule has 0 saturated heterocycles. The molecule has 0 aliphatic rings. The van der Waals surface area contributed by atoms with Gasteiger partial charge in [-0.3, -0.25) is 4.90 Å². The molecule has 0 spiro atoms. The maximum Gasteiger partial charge on any atom is 0.415 e. The quantitative estimate of drug-likeness (QED) is 0.556. The van der Waals surface area contributed by atoms with Crippen LogP contribution in [0.4, 0.5) is 10.5 Å². The van der Waals surface area contributed by atoms with Crippen molar-refractivity contribution in [2.24, 2.45) is 0 Å². The van der Waals surface area contributed by atoms with Crippen LogP contribution in [0.2, 0.25) is 0 Å². The minimum Gasteiger partial charge on any atom is -0.443 e. The smallest absolute Gasteiger partial charge is 0.415 e. The van der Waals surface area contributed by atoms with Crippen LogP contribution in [0.3, 0.4) is 0 Å². The molecule has 6 nitrogen and oxygen atoms in total. The maximum atomic E-state index is 13.1. The van der Waals surface area contributed by atoms with Crippen LogP contribution in [0.1, 0.15) is 55.4 Å². The number of ether oxygens (including phenoxy) is 1. The van der Waals surface area contributed by atoms with Gasteiger partial charge in [0.25, 0.3) is 0 Å². The van der Waals surface area contributed by atoms with Gasteiger partial charge < -0.3 is 9.84 Å². The van der Waals surface area contributed by atoms with E-state index in [0.29, 0.717) is 12.2 Å². The highest BCUT2D eigenvalue weighted by atomic mass is 32.1. The number of carbonyl (C=O) groups is 1. The zero-order valence-corrected chi connectivity index (χ0v) is 19.1. The molecule has 0 fully saturated rings. The Kier molecular flexibility index (Phi) is 6.55. The maximum absolute atomic E-state index is 13.1. The van der Waals surface area contributed by atoms with Gasteiger partial charge in [0.2, 0.25) is 0 Å². The second-order valence-corrected chi connectivity index (χ2v) is 10.0. The second-order valence-electron chi connectivity index (χ2n) is 7.93. The van der Waals surface area contributed by atoms with Crippen LogP contribution in [-0.2, 0) is 11.3 Å². The number of aliphatic hydroxyl groups is 1. The number of aromatic nitrogens is 2. The Morgan fingerprint density at radius 1 is 1.38 bits per heavy atom. The molecular formula is C21H27N3O3S2. The number of carbonyl (C=O) groups excluding carboxylic acids is 1. The summed E-state index contributed by atoms with van der Waals surface area (Å²) in [4.78, 5) is 16.9. The molecule has 1 unspecified atom stereocenters. The Balaban J connectivity index is 2.11. The van der Waals surface area contributed by atoms with Gasteiger partial charge in [-0.1, -0.05) is 13.0 Å². The molecule has 29 heavy (non-hydrogen) atoms. The van der Waals surface area contributed by atoms with E-state index in [1.54, 1.807) is 33.8 Å². The third-order valence-electron chi connectivity index (χ3n) is 4.61. The van der Waals surface area contributed by atoms with Gasteiger partial charge in [0, 0.05) is 15.7 Å². The molecule has 0 radical (unpaired) electrons. The number of hydrogen-bond acceptors (Lipinski definition) is 7. The van der Waals surface area contributed by atoms with E-state index < -0.39 is 11.7 Å². The third-order valence-corrected chi connectivity index (χ3v) is 6.93. The number of aryl methyl sites for hydroxylation is 1. The van der Waals surface area contributed by atoms with E-state index in [2.05, 4.69) is 17.1 Å². The van der Waals surface area contributed by atoms with Gasteiger partial charge in [0.15, 0.2) is 0 Å². The molecule has 0 bridgehead atoms. The molecule has 3 heterocycles. The molecule has 0 saturated carbocycles. The Morgan fingerprint density at radius 2 is 2.14 bits per heavy atom. The van der Waals surface area contributed by atoms with Crippen molar-refractivity contribution in [1.82, 2.24) is 10.2 Å². The van der Waals surface area contributed by atoms with E-state index in [1.807, 2.05) is 45.2 Å². The molecule has 1 atom stereocenters. The van der Waals surface area contributed by atoms with Crippen molar-refractivity contribution in [2.45, 2.75) is 59.1 Å². The van der Waals surface area contributed by atoms with E-state index >= 15 is 0 Å². The highest BCUT2D eigenvalue weighted by molar-refractivity contribution is 7.20. The Labute approximate surface area is 179 Å². The van der Waals surface area contributed by atoms with Crippen LogP contribution < -0.4 is 4.90 Å². The van der Waals surface area contributed by atoms with Crippen molar-refractivity contribution in [3.05, 3.63) is 39.0 Å². The van der Waals surface area contributed by atoms with Crippen molar-refractivity contribution in [2.75, 3.05) is 11.5 Å². The molecule has 0 aromatic carbocycles. The van der Waals surface area contributed by atoms with Crippen molar-refractivity contribution < 1.29 is 14.6 Å². The van der Waals surface area contributed by atoms with E-state index in [4.69, 9.17) is 4.74 Å². The predicted octanol–water partition coefficient (Wildman–Crippen LogP) is 5.49. The molecule has 3 rings (SSSR count). The van der Waals surface area contributed by atoms with Crippen LogP contribution >= 0.6 is 22.7 Å². The summed E-state index contributed by atoms with van der Waals surface area (Å²) in [5.41, 5.74) is 1.87. The summed E-state index contributed by atoms with van der Waals surface area (Å²) in [6.45, 7) is 10.1. The zero-order valence-electron chi connectivity index (χ0n) is 17.4. The predicted molar refractivity (Wildman–Crippen MR) is 119 cm³/mol. The third kappa shape index (κ3) is 4.76. The highest BCUT2D eigenvalue weighted by Gasteiger charge is 2.28. The van der Waals surface area contributed by atoms with Crippen molar-refractivity contribution >= 4 is 44.7 Å². The first-order valence-electron chi connectivity index (χ1n) is 9.63. The lowest BCUT2D eigenvalue weighted by Gasteiger charge is -2.27. The molecule has 156 valence electrons. The zero-order chi connectivity index (χ0) is 21.2. The summed E-state index contributed by atoms with van der Waals surface area (Å²) in [6, 6.07) is 3.96. The number of aliphatic hydroxyl groups excluding tert-OH is 1. The van der Waals surface area contributed by atoms with E-state index in [9.17, 15) is 9.90 Å². The summed E-state index contributed by atoms with van der Waals surface area (Å²) in [5, 5.41) is 20.3. The van der Waals surface area contributed by atoms with Crippen LogP contribution in [-0.4, -0.2) is 33.6 Å². The van der Waals surface area contributed by atoms with Gasteiger partial charge in [-0.25, -0.2) is 4.79 Å². The fourth-order valence-corrected chi connectivity index (χ4v) is 5.25. The molecule has 8 heteroatoms. The van der Waals surface area contributed by atoms with E-state index in [0.717, 1.165) is 32.0 Å². The first kappa shape index (κ1) is 21.7. The summed E-state index contributed by atoms with van der Waals surface area (Å²) in [7, 11) is 0. The monoisotopic (exact) mass is 433 g/mol. The summed E-state index contributed by atoms with van der Waals surface area (Å²) >= 11 is 3.17. The molecule has 0 aliphatic carbocycles. The number of thiophene rings is 2. The number of hydrogen-bond donors (Lipinski definition) is 1. The number of rotatable bonds is 6. The Hall–Kier alpha value is -2.03. The standard InChI is InChI=1S/C21H27N3O3S2/c1-6-14(12-25)18-13(2)17-19(29-18)16(10-22-23-17)24(11-15-8-7-9-28-15)20(26)27-21(3,4)5/h7-10,14,25H,6,11-12H2,1-5H3. The minimum absolute atomic E-state index is 0.0503. The molecule has 3 aromatic heterocycles. The summed E-state index contributed by atoms with van der Waals surface area (Å²) < 4.78 is 6.58. The fourth-order valence-electron chi connectivity index (χ4n) is 3.12. The Morgan fingerprint density at radius 3 is 2.72 bits per heavy atom. The lowest BCUT2D eigenvalue weighted by Crippen LogP contribution is -2.36. The number of nitrogens with zero attached hydrogens (tertiary/aromatic N) is 3. The molecule has 3 aromatic rings. The lowest BCUT2D eigenvalue weighted by molar-refractivity contribution is 0.0578. The van der Waals surface area contributed by atoms with E-state index in [-0.39, 0.29) is 12.5 Å². The Bertz CT molecular complexity index is 973. The number of fused-ring (bicyclic) bond motifs is 1. The minimum atomic E-state index is -0.606. The van der Waals surface area contributed by atoms with Gasteiger partial charge in [0.1, 0.15) is 11.1 Å². The SMILES string of the molecule is CCC(CO)c1sc2c(N(Cc3cccs3)C(=O)OC(C)(C)C)cnnc2c1C. The van der Waals surface area contributed by atoms with E-state index in [1.165, 1.54) is 0 Å². The van der Waals surface area contributed by atoms with Crippen molar-refractivity contribution in [3.63, 3.8) is 0 Å². The summed E-state index contributed by atoms with van der Waals surface area (Å²) in [5.74, 6) is 0.0503. The number of amides is 1. The molecule has 0 aliphatic heterocycles. The topological polar surface area (TPSA) is 75.5 Å². The second kappa shape index (κ2) is 8.77. The van der Waals surface area contributed by atoms with Crippen molar-refractivity contribution in [1.29, 1.82) is 0 Å². The fraction of sp³-hybridized carbons (Fsp3) is 0.476. The molecule has 1 amide bonds. The molecule has 1 N–H and O–H groups in total. The number of anilines is 1. The van der Waals surface area contributed by atoms with Gasteiger partial charge in [-0.2, -0.15) is 5.10 Å². The average molecular weight is 434 g/mol. The van der Waals surface area contributed by atoms with Crippen LogP contribution in [0, 0.1) is 6.92 Å². The summed E-state index contributed by atoms with van der Waals surface area (Å²) in [6.07, 6.45) is 2.04. The highest BCUT2D eigenvalue weighted by Crippen LogP contribution is 2.40. The average Bonchev–Trinajstić information content (AvgIpc) is 3.28. The van der Waals surface area contributed by atoms with Crippen LogP contribution in [0.5, 0.6) is 0 Å². The van der Waals surface area contributed by atoms with Gasteiger partial charge in [-0.15, -0.1) is 27.8 Å². The van der Waals surface area contributed by atoms with Gasteiger partial charge in [-0.05, 0) is 51.1 Å². The largest absolute Gasteiger partial charge is 0.443 e. The normalized spacial score (nSPS) is 12.9. The van der Waals surface area contributed by atoms with Crippen molar-refractivity contribution in [3.8, 4) is 0 Å². The van der Waals surface area contributed by atoms with Crippen LogP contribution in [0.15, 0.2) is 23.7 Å². The van der Waals surface area contributed by atoms with Crippen LogP contribution in [0.25, 0.3) is 10.2 Å². The molecular weight excluding hydrogens is 406 g/mol.